The van der Waals surface area contributed by atoms with Crippen LogP contribution < -0.4 is 17.2 Å². The van der Waals surface area contributed by atoms with E-state index in [0.29, 0.717) is 72.8 Å². The second kappa shape index (κ2) is 18.5. The van der Waals surface area contributed by atoms with E-state index in [1.54, 1.807) is 0 Å². The molecule has 0 bridgehead atoms. The molecule has 0 radical (unpaired) electrons. The molecule has 0 aromatic rings. The Morgan fingerprint density at radius 3 is 2.11 bits per heavy atom. The van der Waals surface area contributed by atoms with E-state index in [-0.39, 0.29) is 11.5 Å². The molecule has 264 valence electrons. The molecule has 0 aromatic carbocycles. The van der Waals surface area contributed by atoms with Crippen LogP contribution in [0, 0.1) is 46.3 Å². The summed E-state index contributed by atoms with van der Waals surface area (Å²) in [4.78, 5) is 0. The lowest BCUT2D eigenvalue weighted by molar-refractivity contribution is -0.227. The summed E-state index contributed by atoms with van der Waals surface area (Å²) in [5.41, 5.74) is 18.2. The molecule has 4 saturated carbocycles. The van der Waals surface area contributed by atoms with E-state index in [1.165, 1.54) is 57.8 Å². The Balaban J connectivity index is 1.54. The Bertz CT molecular complexity index is 833. The Morgan fingerprint density at radius 1 is 0.711 bits per heavy atom. The first-order valence-electron chi connectivity index (χ1n) is 19.4. The number of hydrogen-bond acceptors (Lipinski definition) is 7. The van der Waals surface area contributed by atoms with Crippen molar-refractivity contribution in [3.05, 3.63) is 0 Å². The first-order valence-corrected chi connectivity index (χ1v) is 19.4. The predicted molar refractivity (Wildman–Crippen MR) is 185 cm³/mol. The highest BCUT2D eigenvalue weighted by Gasteiger charge is 2.66. The topological polar surface area (TPSA) is 115 Å². The molecule has 0 aromatic heterocycles. The van der Waals surface area contributed by atoms with Crippen molar-refractivity contribution >= 4 is 0 Å². The molecule has 7 nitrogen and oxygen atoms in total. The second-order valence-electron chi connectivity index (χ2n) is 15.9. The number of nitrogens with two attached hydrogens (primary N) is 3. The molecule has 0 spiro atoms. The molecule has 45 heavy (non-hydrogen) atoms. The third-order valence-corrected chi connectivity index (χ3v) is 13.3. The SMILES string of the molecule is CCCCCOCCC[C@@H](C)[C@H]1CC[C@H]2[C@@H]3[C@H](OCCCN)C[C@@H]4C[C@H](OCCCN)CC[C@]4(C)[C@H]3C[C@H](OCCCN)[C@]12C. The van der Waals surface area contributed by atoms with E-state index in [9.17, 15) is 0 Å². The lowest BCUT2D eigenvalue weighted by atomic mass is 9.43. The van der Waals surface area contributed by atoms with E-state index >= 15 is 0 Å². The summed E-state index contributed by atoms with van der Waals surface area (Å²) in [6.07, 6.45) is 18.4. The highest BCUT2D eigenvalue weighted by atomic mass is 16.5. The summed E-state index contributed by atoms with van der Waals surface area (Å²) in [6.45, 7) is 16.3. The maximum atomic E-state index is 7.00. The first kappa shape index (κ1) is 37.5. The van der Waals surface area contributed by atoms with Crippen molar-refractivity contribution in [2.24, 2.45) is 63.5 Å². The van der Waals surface area contributed by atoms with Gasteiger partial charge in [-0.2, -0.15) is 0 Å². The molecule has 11 atom stereocenters. The minimum atomic E-state index is 0.165. The van der Waals surface area contributed by atoms with Crippen LogP contribution >= 0.6 is 0 Å². The summed E-state index contributed by atoms with van der Waals surface area (Å²) in [5, 5.41) is 0. The zero-order chi connectivity index (χ0) is 32.3. The van der Waals surface area contributed by atoms with Crippen LogP contribution in [0.2, 0.25) is 0 Å². The van der Waals surface area contributed by atoms with Crippen molar-refractivity contribution in [3.63, 3.8) is 0 Å². The van der Waals surface area contributed by atoms with Crippen LogP contribution in [0.1, 0.15) is 124 Å². The summed E-state index contributed by atoms with van der Waals surface area (Å²) in [5.74, 6) is 3.82. The molecule has 0 heterocycles. The molecule has 6 N–H and O–H groups in total. The van der Waals surface area contributed by atoms with Gasteiger partial charge in [0.05, 0.1) is 18.3 Å². The van der Waals surface area contributed by atoms with Gasteiger partial charge in [0.2, 0.25) is 0 Å². The van der Waals surface area contributed by atoms with Gasteiger partial charge < -0.3 is 36.1 Å². The van der Waals surface area contributed by atoms with Crippen LogP contribution in [0.3, 0.4) is 0 Å². The van der Waals surface area contributed by atoms with Gasteiger partial charge >= 0.3 is 0 Å². The van der Waals surface area contributed by atoms with Gasteiger partial charge in [-0.3, -0.25) is 0 Å². The average molecular weight is 636 g/mol. The predicted octanol–water partition coefficient (Wildman–Crippen LogP) is 6.69. The number of fused-ring (bicyclic) bond motifs is 5. The quantitative estimate of drug-likeness (QED) is 0.120. The second-order valence-corrected chi connectivity index (χ2v) is 15.9. The molecule has 4 aliphatic carbocycles. The van der Waals surface area contributed by atoms with Crippen molar-refractivity contribution in [2.75, 3.05) is 52.7 Å². The van der Waals surface area contributed by atoms with Crippen LogP contribution in [0.4, 0.5) is 0 Å². The maximum absolute atomic E-state index is 7.00. The van der Waals surface area contributed by atoms with Crippen molar-refractivity contribution < 1.29 is 18.9 Å². The minimum absolute atomic E-state index is 0.165. The number of ether oxygens (including phenoxy) is 4. The van der Waals surface area contributed by atoms with Gasteiger partial charge in [-0.25, -0.2) is 0 Å². The molecular formula is C38H73N3O4. The highest BCUT2D eigenvalue weighted by molar-refractivity contribution is 5.15. The van der Waals surface area contributed by atoms with Crippen LogP contribution in [0.5, 0.6) is 0 Å². The molecule has 7 heteroatoms. The zero-order valence-corrected chi connectivity index (χ0v) is 29.8. The largest absolute Gasteiger partial charge is 0.381 e. The molecule has 0 unspecified atom stereocenters. The molecule has 4 fully saturated rings. The van der Waals surface area contributed by atoms with E-state index in [2.05, 4.69) is 27.7 Å². The van der Waals surface area contributed by atoms with Gasteiger partial charge in [-0.1, -0.05) is 40.5 Å². The van der Waals surface area contributed by atoms with Gasteiger partial charge in [-0.05, 0) is 144 Å². The average Bonchev–Trinajstić information content (AvgIpc) is 3.39. The van der Waals surface area contributed by atoms with E-state index in [4.69, 9.17) is 36.1 Å². The lowest BCUT2D eigenvalue weighted by Gasteiger charge is -2.65. The third kappa shape index (κ3) is 8.85. The van der Waals surface area contributed by atoms with E-state index < -0.39 is 0 Å². The van der Waals surface area contributed by atoms with Gasteiger partial charge in [0.15, 0.2) is 0 Å². The van der Waals surface area contributed by atoms with Gasteiger partial charge in [-0.15, -0.1) is 0 Å². The summed E-state index contributed by atoms with van der Waals surface area (Å²) in [7, 11) is 0. The summed E-state index contributed by atoms with van der Waals surface area (Å²) >= 11 is 0. The van der Waals surface area contributed by atoms with Gasteiger partial charge in [0, 0.05) is 38.4 Å². The van der Waals surface area contributed by atoms with Crippen LogP contribution in [-0.2, 0) is 18.9 Å². The highest BCUT2D eigenvalue weighted by Crippen LogP contribution is 2.69. The normalized spacial score (nSPS) is 38.5. The van der Waals surface area contributed by atoms with Crippen molar-refractivity contribution in [3.8, 4) is 0 Å². The Labute approximate surface area is 277 Å². The Morgan fingerprint density at radius 2 is 1.40 bits per heavy atom. The maximum Gasteiger partial charge on any atom is 0.0637 e. The van der Waals surface area contributed by atoms with E-state index in [1.807, 2.05) is 0 Å². The van der Waals surface area contributed by atoms with Crippen molar-refractivity contribution in [1.29, 1.82) is 0 Å². The molecule has 0 aliphatic heterocycles. The molecule has 0 amide bonds. The molecule has 4 aliphatic rings. The zero-order valence-electron chi connectivity index (χ0n) is 29.8. The van der Waals surface area contributed by atoms with E-state index in [0.717, 1.165) is 71.6 Å². The fraction of sp³-hybridized carbons (Fsp3) is 1.00. The standard InChI is InChI=1S/C38H73N3O4/c1-5-6-7-20-42-21-8-12-28(2)31-13-14-32-36-33(27-35(38(31,32)4)45-24-11-19-41)37(3)16-15-30(43-22-9-17-39)25-29(37)26-34(36)44-23-10-18-40/h28-36H,5-27,39-41H2,1-4H3/t28-,29+,30-,31-,32+,33+,34-,35+,36+,37+,38-/m1/s1. The monoisotopic (exact) mass is 636 g/mol. The lowest BCUT2D eigenvalue weighted by Crippen LogP contribution is -2.63. The summed E-state index contributed by atoms with van der Waals surface area (Å²) < 4.78 is 26.3. The molecule has 4 rings (SSSR count). The Hall–Kier alpha value is -0.280. The van der Waals surface area contributed by atoms with Crippen molar-refractivity contribution in [1.82, 2.24) is 0 Å². The van der Waals surface area contributed by atoms with Crippen LogP contribution in [0.15, 0.2) is 0 Å². The minimum Gasteiger partial charge on any atom is -0.381 e. The summed E-state index contributed by atoms with van der Waals surface area (Å²) in [6, 6.07) is 0. The number of unbranched alkanes of at least 4 members (excludes halogenated alkanes) is 2. The smallest absolute Gasteiger partial charge is 0.0637 e. The number of hydrogen-bond donors (Lipinski definition) is 3. The van der Waals surface area contributed by atoms with Crippen LogP contribution in [-0.4, -0.2) is 71.0 Å². The Kier molecular flexibility index (Phi) is 15.4. The molecule has 0 saturated heterocycles. The van der Waals surface area contributed by atoms with Gasteiger partial charge in [0.1, 0.15) is 0 Å². The fourth-order valence-electron chi connectivity index (χ4n) is 10.9. The third-order valence-electron chi connectivity index (χ3n) is 13.3. The number of rotatable bonds is 21. The first-order chi connectivity index (χ1) is 21.8. The fourth-order valence-corrected chi connectivity index (χ4v) is 10.9. The molecular weight excluding hydrogens is 562 g/mol. The van der Waals surface area contributed by atoms with Crippen LogP contribution in [0.25, 0.3) is 0 Å². The van der Waals surface area contributed by atoms with Gasteiger partial charge in [0.25, 0.3) is 0 Å². The van der Waals surface area contributed by atoms with Crippen molar-refractivity contribution in [2.45, 2.75) is 142 Å².